The first kappa shape index (κ1) is 19.0. The highest BCUT2D eigenvalue weighted by atomic mass is 16.5. The van der Waals surface area contributed by atoms with Gasteiger partial charge in [-0.15, -0.1) is 5.10 Å². The summed E-state index contributed by atoms with van der Waals surface area (Å²) in [5.41, 5.74) is 1.20. The number of benzene rings is 1. The number of aromatic nitrogens is 4. The molecule has 2 aromatic heterocycles. The van der Waals surface area contributed by atoms with Crippen LogP contribution in [-0.2, 0) is 11.8 Å². The minimum Gasteiger partial charge on any atom is -0.493 e. The molecule has 0 aliphatic carbocycles. The van der Waals surface area contributed by atoms with E-state index in [0.717, 1.165) is 0 Å². The molecule has 1 amide bonds. The molecule has 0 aliphatic heterocycles. The Morgan fingerprint density at radius 3 is 2.43 bits per heavy atom. The van der Waals surface area contributed by atoms with E-state index in [0.29, 0.717) is 28.5 Å². The number of methoxy groups -OCH3 is 3. The van der Waals surface area contributed by atoms with Gasteiger partial charge in [0.05, 0.1) is 21.3 Å². The van der Waals surface area contributed by atoms with Crippen LogP contribution in [0, 0.1) is 0 Å². The summed E-state index contributed by atoms with van der Waals surface area (Å²) in [5, 5.41) is 14.3. The van der Waals surface area contributed by atoms with E-state index in [1.54, 1.807) is 42.2 Å². The van der Waals surface area contributed by atoms with Crippen LogP contribution in [0.2, 0.25) is 0 Å². The molecular formula is C18H19N5O5. The van der Waals surface area contributed by atoms with Gasteiger partial charge >= 0.3 is 6.01 Å². The molecule has 0 spiro atoms. The number of ether oxygens (including phenoxy) is 3. The van der Waals surface area contributed by atoms with Crippen LogP contribution in [0.1, 0.15) is 5.56 Å². The highest BCUT2D eigenvalue weighted by Crippen LogP contribution is 2.38. The average molecular weight is 385 g/mol. The molecule has 0 fully saturated rings. The summed E-state index contributed by atoms with van der Waals surface area (Å²) in [6.45, 7) is 0. The average Bonchev–Trinajstić information content (AvgIpc) is 3.34. The van der Waals surface area contributed by atoms with E-state index >= 15 is 0 Å². The van der Waals surface area contributed by atoms with Gasteiger partial charge in [0, 0.05) is 19.3 Å². The second-order valence-corrected chi connectivity index (χ2v) is 5.57. The van der Waals surface area contributed by atoms with Crippen LogP contribution in [0.5, 0.6) is 17.2 Å². The molecule has 0 atom stereocenters. The first-order chi connectivity index (χ1) is 13.5. The summed E-state index contributed by atoms with van der Waals surface area (Å²) in [4.78, 5) is 12.1. The van der Waals surface area contributed by atoms with Crippen molar-refractivity contribution in [3.05, 3.63) is 36.0 Å². The molecule has 3 aromatic rings. The van der Waals surface area contributed by atoms with Gasteiger partial charge in [-0.2, -0.15) is 5.10 Å². The topological polar surface area (TPSA) is 114 Å². The van der Waals surface area contributed by atoms with E-state index in [1.165, 1.54) is 27.4 Å². The summed E-state index contributed by atoms with van der Waals surface area (Å²) >= 11 is 0. The molecule has 10 heteroatoms. The highest BCUT2D eigenvalue weighted by Gasteiger charge is 2.14. The molecular weight excluding hydrogens is 366 g/mol. The third-order valence-corrected chi connectivity index (χ3v) is 3.70. The Bertz CT molecular complexity index is 982. The van der Waals surface area contributed by atoms with Crippen molar-refractivity contribution >= 4 is 18.0 Å². The van der Waals surface area contributed by atoms with Gasteiger partial charge in [0.25, 0.3) is 11.8 Å². The lowest BCUT2D eigenvalue weighted by atomic mass is 10.1. The zero-order valence-electron chi connectivity index (χ0n) is 15.8. The lowest BCUT2D eigenvalue weighted by Crippen LogP contribution is -2.07. The van der Waals surface area contributed by atoms with Crippen molar-refractivity contribution in [2.75, 3.05) is 26.6 Å². The number of anilines is 1. The fraction of sp³-hybridized carbons (Fsp3) is 0.222. The van der Waals surface area contributed by atoms with Crippen molar-refractivity contribution in [3.8, 4) is 28.8 Å². The van der Waals surface area contributed by atoms with Crippen molar-refractivity contribution in [2.24, 2.45) is 7.05 Å². The number of hydrogen-bond acceptors (Lipinski definition) is 8. The van der Waals surface area contributed by atoms with Gasteiger partial charge in [-0.25, -0.2) is 0 Å². The van der Waals surface area contributed by atoms with Gasteiger partial charge in [0.15, 0.2) is 11.5 Å². The normalized spacial score (nSPS) is 10.9. The van der Waals surface area contributed by atoms with Gasteiger partial charge in [0.1, 0.15) is 5.69 Å². The van der Waals surface area contributed by atoms with Gasteiger partial charge in [0.2, 0.25) is 5.75 Å². The molecule has 28 heavy (non-hydrogen) atoms. The van der Waals surface area contributed by atoms with E-state index in [4.69, 9.17) is 18.6 Å². The number of nitrogens with zero attached hydrogens (tertiary/aromatic N) is 4. The van der Waals surface area contributed by atoms with Gasteiger partial charge < -0.3 is 18.6 Å². The van der Waals surface area contributed by atoms with Crippen molar-refractivity contribution in [2.45, 2.75) is 0 Å². The lowest BCUT2D eigenvalue weighted by molar-refractivity contribution is -0.112. The molecule has 0 saturated carbocycles. The maximum Gasteiger partial charge on any atom is 0.322 e. The summed E-state index contributed by atoms with van der Waals surface area (Å²) in [6, 6.07) is 5.14. The Kier molecular flexibility index (Phi) is 5.58. The molecule has 0 bridgehead atoms. The standard InChI is InChI=1S/C18H19N5O5/c1-23-8-7-12(22-23)17-20-21-18(28-17)19-15(24)6-5-11-9-13(25-2)16(27-4)14(10-11)26-3/h5-10H,1-4H3,(H,19,21,24)/b6-5+. The molecule has 0 unspecified atom stereocenters. The number of amides is 1. The molecule has 146 valence electrons. The highest BCUT2D eigenvalue weighted by molar-refractivity contribution is 6.00. The van der Waals surface area contributed by atoms with E-state index in [9.17, 15) is 4.79 Å². The summed E-state index contributed by atoms with van der Waals surface area (Å²) in [6.07, 6.45) is 4.67. The Labute approximate surface area is 160 Å². The quantitative estimate of drug-likeness (QED) is 0.616. The van der Waals surface area contributed by atoms with E-state index in [2.05, 4.69) is 20.6 Å². The number of aryl methyl sites for hydroxylation is 1. The zero-order valence-corrected chi connectivity index (χ0v) is 15.8. The fourth-order valence-electron chi connectivity index (χ4n) is 2.42. The van der Waals surface area contributed by atoms with Crippen LogP contribution in [0.15, 0.2) is 34.9 Å². The molecule has 2 heterocycles. The van der Waals surface area contributed by atoms with E-state index < -0.39 is 5.91 Å². The number of hydrogen-bond donors (Lipinski definition) is 1. The second-order valence-electron chi connectivity index (χ2n) is 5.57. The van der Waals surface area contributed by atoms with E-state index in [-0.39, 0.29) is 11.9 Å². The molecule has 1 N–H and O–H groups in total. The maximum absolute atomic E-state index is 12.1. The molecule has 3 rings (SSSR count). The summed E-state index contributed by atoms with van der Waals surface area (Å²) < 4.78 is 22.8. The molecule has 0 saturated heterocycles. The molecule has 1 aromatic carbocycles. The Balaban J connectivity index is 1.71. The Hall–Kier alpha value is -3.82. The fourth-order valence-corrected chi connectivity index (χ4v) is 2.42. The Morgan fingerprint density at radius 2 is 1.86 bits per heavy atom. The molecule has 0 radical (unpaired) electrons. The molecule has 10 nitrogen and oxygen atoms in total. The van der Waals surface area contributed by atoms with Crippen molar-refractivity contribution in [1.82, 2.24) is 20.0 Å². The minimum absolute atomic E-state index is 0.0276. The summed E-state index contributed by atoms with van der Waals surface area (Å²) in [5.74, 6) is 1.21. The SMILES string of the molecule is COc1cc(/C=C/C(=O)Nc2nnc(-c3ccn(C)n3)o2)cc(OC)c1OC. The first-order valence-corrected chi connectivity index (χ1v) is 8.16. The number of carbonyl (C=O) groups excluding carboxylic acids is 1. The van der Waals surface area contributed by atoms with Crippen LogP contribution in [-0.4, -0.2) is 47.2 Å². The number of nitrogens with one attached hydrogen (secondary N) is 1. The zero-order chi connectivity index (χ0) is 20.1. The maximum atomic E-state index is 12.1. The Morgan fingerprint density at radius 1 is 1.14 bits per heavy atom. The molecule has 0 aliphatic rings. The number of carbonyl (C=O) groups is 1. The second kappa shape index (κ2) is 8.25. The summed E-state index contributed by atoms with van der Waals surface area (Å²) in [7, 11) is 6.34. The van der Waals surface area contributed by atoms with Gasteiger partial charge in [-0.1, -0.05) is 5.10 Å². The smallest absolute Gasteiger partial charge is 0.322 e. The van der Waals surface area contributed by atoms with Crippen LogP contribution < -0.4 is 19.5 Å². The predicted octanol–water partition coefficient (Wildman–Crippen LogP) is 2.15. The van der Waals surface area contributed by atoms with Gasteiger partial charge in [-0.05, 0) is 29.8 Å². The minimum atomic E-state index is -0.440. The first-order valence-electron chi connectivity index (χ1n) is 8.16. The van der Waals surface area contributed by atoms with Crippen molar-refractivity contribution < 1.29 is 23.4 Å². The predicted molar refractivity (Wildman–Crippen MR) is 100 cm³/mol. The van der Waals surface area contributed by atoms with Crippen molar-refractivity contribution in [1.29, 1.82) is 0 Å². The van der Waals surface area contributed by atoms with E-state index in [1.807, 2.05) is 0 Å². The van der Waals surface area contributed by atoms with Crippen LogP contribution in [0.3, 0.4) is 0 Å². The van der Waals surface area contributed by atoms with Crippen LogP contribution >= 0.6 is 0 Å². The third-order valence-electron chi connectivity index (χ3n) is 3.70. The number of rotatable bonds is 7. The van der Waals surface area contributed by atoms with Crippen LogP contribution in [0.4, 0.5) is 6.01 Å². The third kappa shape index (κ3) is 4.11. The van der Waals surface area contributed by atoms with Gasteiger partial charge in [-0.3, -0.25) is 14.8 Å². The lowest BCUT2D eigenvalue weighted by Gasteiger charge is -2.12. The monoisotopic (exact) mass is 385 g/mol. The largest absolute Gasteiger partial charge is 0.493 e. The van der Waals surface area contributed by atoms with Crippen LogP contribution in [0.25, 0.3) is 17.7 Å². The van der Waals surface area contributed by atoms with Crippen molar-refractivity contribution in [3.63, 3.8) is 0 Å².